The highest BCUT2D eigenvalue weighted by molar-refractivity contribution is 5.96. The van der Waals surface area contributed by atoms with Crippen molar-refractivity contribution >= 4 is 22.8 Å². The van der Waals surface area contributed by atoms with Gasteiger partial charge in [0.1, 0.15) is 5.82 Å². The molecule has 0 radical (unpaired) electrons. The highest BCUT2D eigenvalue weighted by Crippen LogP contribution is 2.24. The number of amides is 1. The summed E-state index contributed by atoms with van der Waals surface area (Å²) < 4.78 is 18.9. The predicted molar refractivity (Wildman–Crippen MR) is 99.7 cm³/mol. The molecule has 27 heavy (non-hydrogen) atoms. The van der Waals surface area contributed by atoms with Gasteiger partial charge in [-0.05, 0) is 25.1 Å². The maximum atomic E-state index is 13.4. The Labute approximate surface area is 156 Å². The van der Waals surface area contributed by atoms with Crippen LogP contribution in [-0.4, -0.2) is 35.9 Å². The molecule has 0 spiro atoms. The van der Waals surface area contributed by atoms with E-state index in [9.17, 15) is 14.0 Å². The topological polar surface area (TPSA) is 59.5 Å². The molecule has 6 heteroatoms. The third-order valence-electron chi connectivity index (χ3n) is 4.18. The van der Waals surface area contributed by atoms with Crippen LogP contribution in [0.3, 0.4) is 0 Å². The number of halogens is 1. The molecule has 1 aromatic heterocycles. The zero-order chi connectivity index (χ0) is 19.6. The summed E-state index contributed by atoms with van der Waals surface area (Å²) in [6, 6.07) is 14.6. The molecule has 1 atom stereocenters. The Kier molecular flexibility index (Phi) is 5.16. The Morgan fingerprint density at radius 2 is 1.78 bits per heavy atom. The lowest BCUT2D eigenvalue weighted by Gasteiger charge is -2.21. The van der Waals surface area contributed by atoms with Crippen molar-refractivity contribution in [1.29, 1.82) is 0 Å². The summed E-state index contributed by atoms with van der Waals surface area (Å²) >= 11 is 0. The van der Waals surface area contributed by atoms with Gasteiger partial charge in [0.25, 0.3) is 5.91 Å². The molecule has 5 nitrogen and oxygen atoms in total. The lowest BCUT2D eigenvalue weighted by Crippen LogP contribution is -2.31. The first kappa shape index (κ1) is 18.5. The summed E-state index contributed by atoms with van der Waals surface area (Å²) in [5.41, 5.74) is 1.68. The van der Waals surface area contributed by atoms with Gasteiger partial charge in [0, 0.05) is 31.1 Å². The lowest BCUT2D eigenvalue weighted by atomic mass is 10.1. The third kappa shape index (κ3) is 3.95. The van der Waals surface area contributed by atoms with Crippen LogP contribution in [0, 0.1) is 12.7 Å². The maximum absolute atomic E-state index is 13.4. The molecule has 0 aliphatic carbocycles. The SMILES string of the molecule is Cc1nc2cc(F)ccc2cc1C(=O)O[C@@H](C(=O)N(C)C)c1ccccc1. The van der Waals surface area contributed by atoms with Gasteiger partial charge in [-0.3, -0.25) is 9.78 Å². The number of aryl methyl sites for hydroxylation is 1. The van der Waals surface area contributed by atoms with E-state index in [1.54, 1.807) is 57.4 Å². The quantitative estimate of drug-likeness (QED) is 0.661. The van der Waals surface area contributed by atoms with Gasteiger partial charge in [-0.1, -0.05) is 30.3 Å². The Balaban J connectivity index is 1.96. The monoisotopic (exact) mass is 366 g/mol. The standard InChI is InChI=1S/C21H19FN2O3/c1-13-17(11-15-9-10-16(22)12-18(15)23-13)21(26)27-19(20(25)24(2)3)14-7-5-4-6-8-14/h4-12,19H,1-3H3/t19-/m1/s1. The summed E-state index contributed by atoms with van der Waals surface area (Å²) in [6.07, 6.45) is -1.06. The van der Waals surface area contributed by atoms with Gasteiger partial charge in [0.15, 0.2) is 0 Å². The van der Waals surface area contributed by atoms with Crippen molar-refractivity contribution in [1.82, 2.24) is 9.88 Å². The van der Waals surface area contributed by atoms with E-state index in [-0.39, 0.29) is 11.5 Å². The Hall–Kier alpha value is -3.28. The summed E-state index contributed by atoms with van der Waals surface area (Å²) in [5, 5.41) is 0.615. The second-order valence-corrected chi connectivity index (χ2v) is 6.39. The van der Waals surface area contributed by atoms with E-state index < -0.39 is 17.9 Å². The number of pyridine rings is 1. The number of fused-ring (bicyclic) bond motifs is 1. The van der Waals surface area contributed by atoms with Gasteiger partial charge in [-0.15, -0.1) is 0 Å². The molecule has 0 aliphatic rings. The number of nitrogens with zero attached hydrogens (tertiary/aromatic N) is 2. The molecule has 0 aliphatic heterocycles. The Morgan fingerprint density at radius 1 is 1.07 bits per heavy atom. The molecule has 0 unspecified atom stereocenters. The summed E-state index contributed by atoms with van der Waals surface area (Å²) in [7, 11) is 3.20. The number of likely N-dealkylation sites (N-methyl/N-ethyl adjacent to an activating group) is 1. The van der Waals surface area contributed by atoms with Crippen LogP contribution in [0.4, 0.5) is 4.39 Å². The van der Waals surface area contributed by atoms with E-state index in [1.807, 2.05) is 6.07 Å². The molecule has 0 saturated heterocycles. The molecule has 3 aromatic rings. The molecule has 3 rings (SSSR count). The van der Waals surface area contributed by atoms with Crippen LogP contribution in [0.1, 0.15) is 27.7 Å². The third-order valence-corrected chi connectivity index (χ3v) is 4.18. The minimum Gasteiger partial charge on any atom is -0.444 e. The Bertz CT molecular complexity index is 1000. The molecule has 2 aromatic carbocycles. The van der Waals surface area contributed by atoms with E-state index in [2.05, 4.69) is 4.98 Å². The van der Waals surface area contributed by atoms with Gasteiger partial charge in [-0.25, -0.2) is 9.18 Å². The lowest BCUT2D eigenvalue weighted by molar-refractivity contribution is -0.138. The average molecular weight is 366 g/mol. The largest absolute Gasteiger partial charge is 0.444 e. The second-order valence-electron chi connectivity index (χ2n) is 6.39. The van der Waals surface area contributed by atoms with Crippen LogP contribution in [0.2, 0.25) is 0 Å². The van der Waals surface area contributed by atoms with Gasteiger partial charge >= 0.3 is 5.97 Å². The van der Waals surface area contributed by atoms with Crippen molar-refractivity contribution in [2.45, 2.75) is 13.0 Å². The van der Waals surface area contributed by atoms with E-state index in [0.717, 1.165) is 0 Å². The van der Waals surface area contributed by atoms with Gasteiger partial charge in [-0.2, -0.15) is 0 Å². The molecule has 1 amide bonds. The van der Waals surface area contributed by atoms with E-state index in [1.165, 1.54) is 17.0 Å². The molecule has 0 N–H and O–H groups in total. The molecule has 0 bridgehead atoms. The zero-order valence-corrected chi connectivity index (χ0v) is 15.3. The number of rotatable bonds is 4. The highest BCUT2D eigenvalue weighted by atomic mass is 19.1. The minimum absolute atomic E-state index is 0.238. The van der Waals surface area contributed by atoms with Crippen LogP contribution in [0.15, 0.2) is 54.6 Å². The smallest absolute Gasteiger partial charge is 0.341 e. The maximum Gasteiger partial charge on any atom is 0.341 e. The van der Waals surface area contributed by atoms with E-state index in [4.69, 9.17) is 4.74 Å². The van der Waals surface area contributed by atoms with Crippen LogP contribution >= 0.6 is 0 Å². The van der Waals surface area contributed by atoms with Gasteiger partial charge in [0.2, 0.25) is 6.10 Å². The fraction of sp³-hybridized carbons (Fsp3) is 0.190. The predicted octanol–water partition coefficient (Wildman–Crippen LogP) is 3.67. The average Bonchev–Trinajstić information content (AvgIpc) is 2.65. The molecule has 138 valence electrons. The normalized spacial score (nSPS) is 11.9. The first-order valence-corrected chi connectivity index (χ1v) is 8.41. The molecular formula is C21H19FN2O3. The van der Waals surface area contributed by atoms with Crippen LogP contribution in [-0.2, 0) is 9.53 Å². The first-order valence-electron chi connectivity index (χ1n) is 8.41. The molecule has 0 saturated carbocycles. The summed E-state index contributed by atoms with van der Waals surface area (Å²) in [6.45, 7) is 1.65. The number of esters is 1. The number of aromatic nitrogens is 1. The minimum atomic E-state index is -1.06. The van der Waals surface area contributed by atoms with Crippen molar-refractivity contribution in [2.24, 2.45) is 0 Å². The van der Waals surface area contributed by atoms with Crippen LogP contribution < -0.4 is 0 Å². The number of carbonyl (C=O) groups excluding carboxylic acids is 2. The number of carbonyl (C=O) groups is 2. The van der Waals surface area contributed by atoms with Crippen LogP contribution in [0.25, 0.3) is 10.9 Å². The van der Waals surface area contributed by atoms with Crippen molar-refractivity contribution in [3.63, 3.8) is 0 Å². The molecule has 1 heterocycles. The van der Waals surface area contributed by atoms with Crippen molar-refractivity contribution in [2.75, 3.05) is 14.1 Å². The number of hydrogen-bond donors (Lipinski definition) is 0. The van der Waals surface area contributed by atoms with Crippen molar-refractivity contribution in [3.05, 3.63) is 77.2 Å². The zero-order valence-electron chi connectivity index (χ0n) is 15.3. The second kappa shape index (κ2) is 7.53. The molecule has 0 fully saturated rings. The van der Waals surface area contributed by atoms with Crippen molar-refractivity contribution in [3.8, 4) is 0 Å². The van der Waals surface area contributed by atoms with Gasteiger partial charge in [0.05, 0.1) is 16.8 Å². The number of ether oxygens (including phenoxy) is 1. The van der Waals surface area contributed by atoms with E-state index >= 15 is 0 Å². The van der Waals surface area contributed by atoms with Crippen molar-refractivity contribution < 1.29 is 18.7 Å². The van der Waals surface area contributed by atoms with E-state index in [0.29, 0.717) is 22.2 Å². The van der Waals surface area contributed by atoms with Crippen LogP contribution in [0.5, 0.6) is 0 Å². The molecular weight excluding hydrogens is 347 g/mol. The fourth-order valence-corrected chi connectivity index (χ4v) is 2.74. The first-order chi connectivity index (χ1) is 12.9. The summed E-state index contributed by atoms with van der Waals surface area (Å²) in [5.74, 6) is -1.40. The number of hydrogen-bond acceptors (Lipinski definition) is 4. The fourth-order valence-electron chi connectivity index (χ4n) is 2.74. The summed E-state index contributed by atoms with van der Waals surface area (Å²) in [4.78, 5) is 31.0. The number of benzene rings is 2. The Morgan fingerprint density at radius 3 is 2.44 bits per heavy atom. The highest BCUT2D eigenvalue weighted by Gasteiger charge is 2.27. The van der Waals surface area contributed by atoms with Gasteiger partial charge < -0.3 is 9.64 Å².